The Bertz CT molecular complexity index is 385. The fourth-order valence-electron chi connectivity index (χ4n) is 4.15. The summed E-state index contributed by atoms with van der Waals surface area (Å²) in [4.78, 5) is 11.1. The van der Waals surface area contributed by atoms with E-state index < -0.39 is 5.60 Å². The Kier molecular flexibility index (Phi) is 3.09. The third-order valence-electron chi connectivity index (χ3n) is 5.96. The number of hydrogen-bond acceptors (Lipinski definition) is 3. The van der Waals surface area contributed by atoms with Crippen LogP contribution in [0, 0.1) is 16.7 Å². The topological polar surface area (TPSA) is 46.5 Å². The van der Waals surface area contributed by atoms with E-state index in [0.717, 1.165) is 12.8 Å². The van der Waals surface area contributed by atoms with E-state index in [4.69, 9.17) is 0 Å². The average Bonchev–Trinajstić information content (AvgIpc) is 2.60. The van der Waals surface area contributed by atoms with Gasteiger partial charge in [0.25, 0.3) is 0 Å². The summed E-state index contributed by atoms with van der Waals surface area (Å²) in [6, 6.07) is 0. The molecule has 0 aliphatic heterocycles. The highest BCUT2D eigenvalue weighted by Crippen LogP contribution is 2.70. The van der Waals surface area contributed by atoms with E-state index in [-0.39, 0.29) is 16.8 Å². The van der Waals surface area contributed by atoms with Crippen LogP contribution in [-0.2, 0) is 9.53 Å². The molecule has 0 spiro atoms. The molecule has 0 saturated heterocycles. The predicted octanol–water partition coefficient (Wildman–Crippen LogP) is 2.68. The highest BCUT2D eigenvalue weighted by Gasteiger charge is 2.67. The van der Waals surface area contributed by atoms with Crippen LogP contribution in [0.2, 0.25) is 0 Å². The van der Waals surface area contributed by atoms with Gasteiger partial charge in [-0.15, -0.1) is 0 Å². The summed E-state index contributed by atoms with van der Waals surface area (Å²) in [5.74, 6) is 0.241. The maximum absolute atomic E-state index is 11.1. The number of esters is 1. The second-order valence-electron chi connectivity index (χ2n) is 6.65. The molecule has 0 amide bonds. The third kappa shape index (κ3) is 1.63. The van der Waals surface area contributed by atoms with Crippen LogP contribution in [0.1, 0.15) is 46.5 Å². The van der Waals surface area contributed by atoms with Gasteiger partial charge >= 0.3 is 5.97 Å². The first-order valence-corrected chi connectivity index (χ1v) is 6.74. The van der Waals surface area contributed by atoms with Crippen LogP contribution in [0.25, 0.3) is 0 Å². The van der Waals surface area contributed by atoms with Crippen molar-refractivity contribution in [2.75, 3.05) is 7.11 Å². The number of carbonyl (C=O) groups excluding carboxylic acids is 1. The first kappa shape index (κ1) is 13.6. The van der Waals surface area contributed by atoms with Gasteiger partial charge in [0.05, 0.1) is 12.7 Å². The lowest BCUT2D eigenvalue weighted by Crippen LogP contribution is -2.46. The van der Waals surface area contributed by atoms with E-state index in [1.165, 1.54) is 19.6 Å². The van der Waals surface area contributed by atoms with Crippen LogP contribution >= 0.6 is 0 Å². The van der Waals surface area contributed by atoms with E-state index in [2.05, 4.69) is 25.5 Å². The van der Waals surface area contributed by atoms with Crippen molar-refractivity contribution >= 4 is 5.97 Å². The van der Waals surface area contributed by atoms with Crippen LogP contribution < -0.4 is 0 Å². The molecule has 2 aliphatic rings. The molecule has 1 N–H and O–H groups in total. The average molecular weight is 252 g/mol. The van der Waals surface area contributed by atoms with Crippen molar-refractivity contribution in [3.8, 4) is 0 Å². The van der Waals surface area contributed by atoms with Gasteiger partial charge in [-0.1, -0.05) is 26.8 Å². The van der Waals surface area contributed by atoms with Gasteiger partial charge in [0.1, 0.15) is 0 Å². The minimum absolute atomic E-state index is 0.0505. The Morgan fingerprint density at radius 3 is 2.56 bits per heavy atom. The summed E-state index contributed by atoms with van der Waals surface area (Å²) >= 11 is 0. The van der Waals surface area contributed by atoms with Gasteiger partial charge in [-0.2, -0.15) is 0 Å². The minimum Gasteiger partial charge on any atom is -0.466 e. The van der Waals surface area contributed by atoms with Gasteiger partial charge in [0.15, 0.2) is 0 Å². The lowest BCUT2D eigenvalue weighted by molar-refractivity contribution is -0.134. The molecule has 102 valence electrons. The molecule has 0 unspecified atom stereocenters. The van der Waals surface area contributed by atoms with Gasteiger partial charge in [-0.3, -0.25) is 0 Å². The lowest BCUT2D eigenvalue weighted by Gasteiger charge is -2.45. The lowest BCUT2D eigenvalue weighted by atomic mass is 9.63. The molecule has 2 rings (SSSR count). The molecule has 3 nitrogen and oxygen atoms in total. The Labute approximate surface area is 109 Å². The van der Waals surface area contributed by atoms with Crippen molar-refractivity contribution in [3.05, 3.63) is 12.2 Å². The van der Waals surface area contributed by atoms with E-state index in [9.17, 15) is 9.90 Å². The summed E-state index contributed by atoms with van der Waals surface area (Å²) in [5, 5.41) is 11.0. The Morgan fingerprint density at radius 1 is 1.44 bits per heavy atom. The minimum atomic E-state index is -0.677. The molecule has 0 radical (unpaired) electrons. The zero-order chi connectivity index (χ0) is 13.6. The number of fused-ring (bicyclic) bond motifs is 2. The quantitative estimate of drug-likeness (QED) is 0.620. The summed E-state index contributed by atoms with van der Waals surface area (Å²) in [6.45, 7) is 6.74. The zero-order valence-electron chi connectivity index (χ0n) is 11.8. The smallest absolute Gasteiger partial charge is 0.330 e. The van der Waals surface area contributed by atoms with Crippen molar-refractivity contribution < 1.29 is 14.6 Å². The molecule has 0 aromatic heterocycles. The van der Waals surface area contributed by atoms with Gasteiger partial charge in [-0.25, -0.2) is 4.79 Å². The monoisotopic (exact) mass is 252 g/mol. The Morgan fingerprint density at radius 2 is 2.11 bits per heavy atom. The van der Waals surface area contributed by atoms with Crippen molar-refractivity contribution in [3.63, 3.8) is 0 Å². The number of rotatable bonds is 3. The number of ether oxygens (including phenoxy) is 1. The second-order valence-corrected chi connectivity index (χ2v) is 6.65. The molecule has 2 bridgehead atoms. The van der Waals surface area contributed by atoms with Crippen molar-refractivity contribution in [1.29, 1.82) is 0 Å². The molecule has 18 heavy (non-hydrogen) atoms. The van der Waals surface area contributed by atoms with Crippen molar-refractivity contribution in [1.82, 2.24) is 0 Å². The fraction of sp³-hybridized carbons (Fsp3) is 0.800. The van der Waals surface area contributed by atoms with E-state index in [1.807, 2.05) is 0 Å². The molecular formula is C15H24O3. The fourth-order valence-corrected chi connectivity index (χ4v) is 4.15. The largest absolute Gasteiger partial charge is 0.466 e. The van der Waals surface area contributed by atoms with Crippen molar-refractivity contribution in [2.45, 2.75) is 52.1 Å². The standard InChI is InChI=1S/C15H24O3/c1-13(2)11-7-9-14(13,3)15(17,10-11)8-5-6-12(16)18-4/h5-6,11,17H,7-10H2,1-4H3/b6-5+/t11-,14-,15+/m0/s1. The number of methoxy groups -OCH3 is 1. The number of carbonyl (C=O) groups is 1. The van der Waals surface area contributed by atoms with Gasteiger partial charge in [0.2, 0.25) is 0 Å². The molecule has 3 heteroatoms. The summed E-state index contributed by atoms with van der Waals surface area (Å²) in [6.07, 6.45) is 6.86. The Hall–Kier alpha value is -0.830. The van der Waals surface area contributed by atoms with Gasteiger partial charge in [0, 0.05) is 11.5 Å². The second kappa shape index (κ2) is 4.09. The number of aliphatic hydroxyl groups is 1. The first-order valence-electron chi connectivity index (χ1n) is 6.74. The van der Waals surface area contributed by atoms with Crippen LogP contribution in [0.4, 0.5) is 0 Å². The molecule has 0 aromatic rings. The Balaban J connectivity index is 2.14. The van der Waals surface area contributed by atoms with Crippen LogP contribution in [0.5, 0.6) is 0 Å². The van der Waals surface area contributed by atoms with Crippen molar-refractivity contribution in [2.24, 2.45) is 16.7 Å². The predicted molar refractivity (Wildman–Crippen MR) is 70.0 cm³/mol. The maximum atomic E-state index is 11.1. The molecule has 0 aromatic carbocycles. The van der Waals surface area contributed by atoms with E-state index in [0.29, 0.717) is 12.3 Å². The third-order valence-corrected chi connectivity index (χ3v) is 5.96. The van der Waals surface area contributed by atoms with Crippen LogP contribution in [-0.4, -0.2) is 23.8 Å². The molecule has 3 atom stereocenters. The molecule has 0 heterocycles. The molecule has 2 aliphatic carbocycles. The highest BCUT2D eigenvalue weighted by atomic mass is 16.5. The van der Waals surface area contributed by atoms with Crippen LogP contribution in [0.3, 0.4) is 0 Å². The van der Waals surface area contributed by atoms with E-state index >= 15 is 0 Å². The number of hydrogen-bond donors (Lipinski definition) is 1. The van der Waals surface area contributed by atoms with E-state index in [1.54, 1.807) is 6.08 Å². The van der Waals surface area contributed by atoms with Gasteiger partial charge in [-0.05, 0) is 37.0 Å². The zero-order valence-corrected chi connectivity index (χ0v) is 11.8. The molecular weight excluding hydrogens is 228 g/mol. The summed E-state index contributed by atoms with van der Waals surface area (Å²) in [7, 11) is 1.36. The molecule has 2 saturated carbocycles. The SMILES string of the molecule is COC(=O)/C=C/C[C@@]1(O)C[C@@H]2CC[C@@]1(C)C2(C)C. The maximum Gasteiger partial charge on any atom is 0.330 e. The highest BCUT2D eigenvalue weighted by molar-refractivity contribution is 5.81. The first-order chi connectivity index (χ1) is 8.27. The van der Waals surface area contributed by atoms with Gasteiger partial charge < -0.3 is 9.84 Å². The summed E-state index contributed by atoms with van der Waals surface area (Å²) in [5.41, 5.74) is -0.546. The van der Waals surface area contributed by atoms with Crippen LogP contribution in [0.15, 0.2) is 12.2 Å². The summed E-state index contributed by atoms with van der Waals surface area (Å²) < 4.78 is 4.57. The normalized spacial score (nSPS) is 41.5. The molecule has 2 fully saturated rings.